The summed E-state index contributed by atoms with van der Waals surface area (Å²) in [5, 5.41) is 6.13. The van der Waals surface area contributed by atoms with E-state index in [1.165, 1.54) is 6.33 Å². The van der Waals surface area contributed by atoms with Gasteiger partial charge in [-0.25, -0.2) is 9.97 Å². The van der Waals surface area contributed by atoms with E-state index in [9.17, 15) is 9.59 Å². The zero-order chi connectivity index (χ0) is 22.9. The van der Waals surface area contributed by atoms with Gasteiger partial charge >= 0.3 is 0 Å². The Morgan fingerprint density at radius 2 is 1.39 bits per heavy atom. The van der Waals surface area contributed by atoms with Gasteiger partial charge in [-0.15, -0.1) is 0 Å². The van der Waals surface area contributed by atoms with E-state index < -0.39 is 0 Å². The van der Waals surface area contributed by atoms with Crippen molar-refractivity contribution in [2.45, 2.75) is 19.3 Å². The second-order valence-corrected chi connectivity index (χ2v) is 7.55. The summed E-state index contributed by atoms with van der Waals surface area (Å²) in [4.78, 5) is 33.0. The summed E-state index contributed by atoms with van der Waals surface area (Å²) in [6.07, 6.45) is 2.68. The fourth-order valence-electron chi connectivity index (χ4n) is 3.38. The topological polar surface area (TPSA) is 84.0 Å². The number of rotatable bonds is 9. The molecular formula is C27H24N4O2. The molecule has 6 nitrogen and oxygen atoms in total. The largest absolute Gasteiger partial charge is 0.340 e. The molecule has 0 aliphatic rings. The normalized spacial score (nSPS) is 10.4. The number of amides is 1. The van der Waals surface area contributed by atoms with Crippen LogP contribution in [0.4, 0.5) is 17.2 Å². The van der Waals surface area contributed by atoms with Crippen LogP contribution < -0.4 is 10.6 Å². The van der Waals surface area contributed by atoms with Crippen LogP contribution in [0.5, 0.6) is 0 Å². The quantitative estimate of drug-likeness (QED) is 0.320. The first-order valence-corrected chi connectivity index (χ1v) is 10.8. The first kappa shape index (κ1) is 21.9. The lowest BCUT2D eigenvalue weighted by atomic mass is 10.1. The molecule has 0 bridgehead atoms. The van der Waals surface area contributed by atoms with Crippen molar-refractivity contribution in [2.75, 3.05) is 10.6 Å². The third-order valence-electron chi connectivity index (χ3n) is 5.08. The van der Waals surface area contributed by atoms with E-state index in [0.717, 1.165) is 16.9 Å². The number of benzene rings is 3. The van der Waals surface area contributed by atoms with Crippen LogP contribution in [0.2, 0.25) is 0 Å². The van der Waals surface area contributed by atoms with Crippen molar-refractivity contribution < 1.29 is 9.59 Å². The number of anilines is 3. The third-order valence-corrected chi connectivity index (χ3v) is 5.08. The van der Waals surface area contributed by atoms with E-state index in [-0.39, 0.29) is 11.7 Å². The summed E-state index contributed by atoms with van der Waals surface area (Å²) in [6.45, 7) is 0. The van der Waals surface area contributed by atoms with Gasteiger partial charge in [0.05, 0.1) is 5.69 Å². The molecule has 0 aliphatic heterocycles. The highest BCUT2D eigenvalue weighted by molar-refractivity contribution is 5.96. The second-order valence-electron chi connectivity index (χ2n) is 7.55. The molecule has 1 aromatic heterocycles. The van der Waals surface area contributed by atoms with Crippen LogP contribution in [0.15, 0.2) is 97.3 Å². The fourth-order valence-corrected chi connectivity index (χ4v) is 3.38. The fraction of sp³-hybridized carbons (Fsp3) is 0.111. The van der Waals surface area contributed by atoms with Gasteiger partial charge in [0.2, 0.25) is 5.91 Å². The van der Waals surface area contributed by atoms with Gasteiger partial charge in [0.15, 0.2) is 5.78 Å². The van der Waals surface area contributed by atoms with Gasteiger partial charge in [-0.2, -0.15) is 0 Å². The molecule has 4 rings (SSSR count). The second kappa shape index (κ2) is 10.8. The molecule has 6 heteroatoms. The summed E-state index contributed by atoms with van der Waals surface area (Å²) in [5.74, 6) is 0.627. The molecule has 4 aromatic rings. The smallest absolute Gasteiger partial charge is 0.224 e. The molecule has 0 spiro atoms. The monoisotopic (exact) mass is 436 g/mol. The first-order chi connectivity index (χ1) is 16.2. The Balaban J connectivity index is 1.27. The van der Waals surface area contributed by atoms with Gasteiger partial charge in [0.1, 0.15) is 12.1 Å². The van der Waals surface area contributed by atoms with E-state index in [4.69, 9.17) is 0 Å². The highest BCUT2D eigenvalue weighted by Gasteiger charge is 2.08. The molecule has 0 fully saturated rings. The number of nitrogens with zero attached hydrogens (tertiary/aromatic N) is 2. The van der Waals surface area contributed by atoms with E-state index >= 15 is 0 Å². The van der Waals surface area contributed by atoms with Crippen molar-refractivity contribution in [3.8, 4) is 11.3 Å². The molecule has 0 radical (unpaired) electrons. The SMILES string of the molecule is O=C(CCCC(=O)c1ccccc1)Nc1ccc(Nc2cc(-c3ccccc3)ncn2)cc1. The standard InChI is InChI=1S/C27H24N4O2/c32-25(21-10-5-2-6-11-21)12-7-13-27(33)31-23-16-14-22(15-17-23)30-26-18-24(28-19-29-26)20-8-3-1-4-9-20/h1-6,8-11,14-19H,7,12-13H2,(H,31,33)(H,28,29,30). The number of aromatic nitrogens is 2. The average molecular weight is 437 g/mol. The summed E-state index contributed by atoms with van der Waals surface area (Å²) in [5.41, 5.74) is 4.08. The predicted molar refractivity (Wildman–Crippen MR) is 130 cm³/mol. The van der Waals surface area contributed by atoms with Gasteiger partial charge in [-0.3, -0.25) is 9.59 Å². The minimum Gasteiger partial charge on any atom is -0.340 e. The zero-order valence-corrected chi connectivity index (χ0v) is 18.1. The number of carbonyl (C=O) groups excluding carboxylic acids is 2. The molecule has 3 aromatic carbocycles. The van der Waals surface area contributed by atoms with E-state index in [2.05, 4.69) is 20.6 Å². The van der Waals surface area contributed by atoms with Crippen LogP contribution in [0.25, 0.3) is 11.3 Å². The van der Waals surface area contributed by atoms with E-state index in [0.29, 0.717) is 36.3 Å². The van der Waals surface area contributed by atoms with Crippen LogP contribution in [-0.2, 0) is 4.79 Å². The van der Waals surface area contributed by atoms with Crippen LogP contribution >= 0.6 is 0 Å². The predicted octanol–water partition coefficient (Wildman–Crippen LogP) is 5.88. The molecule has 0 saturated heterocycles. The molecule has 2 N–H and O–H groups in total. The number of hydrogen-bond acceptors (Lipinski definition) is 5. The van der Waals surface area contributed by atoms with Crippen LogP contribution in [0.1, 0.15) is 29.6 Å². The van der Waals surface area contributed by atoms with Gasteiger partial charge < -0.3 is 10.6 Å². The summed E-state index contributed by atoms with van der Waals surface area (Å²) in [6, 6.07) is 28.3. The van der Waals surface area contributed by atoms with Crippen molar-refractivity contribution in [3.05, 3.63) is 103 Å². The van der Waals surface area contributed by atoms with Gasteiger partial charge in [-0.05, 0) is 30.7 Å². The molecule has 0 aliphatic carbocycles. The van der Waals surface area contributed by atoms with Gasteiger partial charge in [-0.1, -0.05) is 60.7 Å². The number of carbonyl (C=O) groups is 2. The Labute approximate surface area is 192 Å². The maximum absolute atomic E-state index is 12.2. The molecular weight excluding hydrogens is 412 g/mol. The Morgan fingerprint density at radius 1 is 0.727 bits per heavy atom. The lowest BCUT2D eigenvalue weighted by molar-refractivity contribution is -0.116. The number of ketones is 1. The summed E-state index contributed by atoms with van der Waals surface area (Å²) >= 11 is 0. The highest BCUT2D eigenvalue weighted by Crippen LogP contribution is 2.22. The molecule has 1 amide bonds. The lowest BCUT2D eigenvalue weighted by Gasteiger charge is -2.09. The van der Waals surface area contributed by atoms with Crippen LogP contribution in [0.3, 0.4) is 0 Å². The van der Waals surface area contributed by atoms with Crippen molar-refractivity contribution in [1.29, 1.82) is 0 Å². The average Bonchev–Trinajstić information content (AvgIpc) is 2.86. The molecule has 164 valence electrons. The van der Waals surface area contributed by atoms with Crippen molar-refractivity contribution in [1.82, 2.24) is 9.97 Å². The van der Waals surface area contributed by atoms with Crippen molar-refractivity contribution >= 4 is 28.9 Å². The first-order valence-electron chi connectivity index (χ1n) is 10.8. The maximum atomic E-state index is 12.2. The number of nitrogens with one attached hydrogen (secondary N) is 2. The van der Waals surface area contributed by atoms with Crippen molar-refractivity contribution in [2.24, 2.45) is 0 Å². The molecule has 0 atom stereocenters. The maximum Gasteiger partial charge on any atom is 0.224 e. The Bertz CT molecular complexity index is 1210. The highest BCUT2D eigenvalue weighted by atomic mass is 16.1. The number of Topliss-reactive ketones (excluding diaryl/α,β-unsaturated/α-hetero) is 1. The number of hydrogen-bond donors (Lipinski definition) is 2. The summed E-state index contributed by atoms with van der Waals surface area (Å²) < 4.78 is 0. The minimum atomic E-state index is -0.111. The van der Waals surface area contributed by atoms with Crippen molar-refractivity contribution in [3.63, 3.8) is 0 Å². The van der Waals surface area contributed by atoms with Gasteiger partial charge in [0.25, 0.3) is 0 Å². The Kier molecular flexibility index (Phi) is 7.18. The summed E-state index contributed by atoms with van der Waals surface area (Å²) in [7, 11) is 0. The molecule has 0 saturated carbocycles. The lowest BCUT2D eigenvalue weighted by Crippen LogP contribution is -2.12. The van der Waals surface area contributed by atoms with Crippen LogP contribution in [0, 0.1) is 0 Å². The molecule has 0 unspecified atom stereocenters. The van der Waals surface area contributed by atoms with E-state index in [1.54, 1.807) is 12.1 Å². The Morgan fingerprint density at radius 3 is 2.12 bits per heavy atom. The minimum absolute atomic E-state index is 0.0546. The van der Waals surface area contributed by atoms with Gasteiger partial charge in [0, 0.05) is 41.4 Å². The van der Waals surface area contributed by atoms with E-state index in [1.807, 2.05) is 78.9 Å². The molecule has 33 heavy (non-hydrogen) atoms. The Hall–Kier alpha value is -4.32. The van der Waals surface area contributed by atoms with Crippen LogP contribution in [-0.4, -0.2) is 21.7 Å². The molecule has 1 heterocycles. The zero-order valence-electron chi connectivity index (χ0n) is 18.1. The third kappa shape index (κ3) is 6.33.